The lowest BCUT2D eigenvalue weighted by molar-refractivity contribution is -0.117. The van der Waals surface area contributed by atoms with Crippen molar-refractivity contribution in [2.24, 2.45) is 0 Å². The van der Waals surface area contributed by atoms with Crippen LogP contribution in [0.3, 0.4) is 0 Å². The third-order valence-corrected chi connectivity index (χ3v) is 3.87. The third kappa shape index (κ3) is 17.0. The van der Waals surface area contributed by atoms with Gasteiger partial charge in [0.1, 0.15) is 0 Å². The lowest BCUT2D eigenvalue weighted by Crippen LogP contribution is -2.40. The Labute approximate surface area is 160 Å². The van der Waals surface area contributed by atoms with E-state index in [0.29, 0.717) is 6.42 Å². The molecule has 0 aromatic heterocycles. The number of carbonyl (C=O) groups is 1. The van der Waals surface area contributed by atoms with E-state index >= 15 is 0 Å². The first-order chi connectivity index (χ1) is 12.5. The fourth-order valence-electron chi connectivity index (χ4n) is 2.28. The van der Waals surface area contributed by atoms with Crippen LogP contribution in [-0.4, -0.2) is 23.2 Å². The molecule has 26 heavy (non-hydrogen) atoms. The van der Waals surface area contributed by atoms with Gasteiger partial charge in [0.25, 0.3) is 0 Å². The summed E-state index contributed by atoms with van der Waals surface area (Å²) in [5.74, 6) is -0.169. The van der Waals surface area contributed by atoms with Gasteiger partial charge in [-0.25, -0.2) is 0 Å². The summed E-state index contributed by atoms with van der Waals surface area (Å²) in [7, 11) is 0. The molecule has 2 N–H and O–H groups in total. The van der Waals surface area contributed by atoms with Gasteiger partial charge in [-0.3, -0.25) is 4.79 Å². The Morgan fingerprint density at radius 1 is 0.962 bits per heavy atom. The van der Waals surface area contributed by atoms with E-state index < -0.39 is 5.60 Å². The van der Waals surface area contributed by atoms with Gasteiger partial charge in [-0.05, 0) is 33.1 Å². The summed E-state index contributed by atoms with van der Waals surface area (Å²) >= 11 is 0. The number of aliphatic hydroxyl groups is 1. The Bertz CT molecular complexity index is 496. The number of hydrogen-bond acceptors (Lipinski definition) is 2. The molecule has 0 heterocycles. The zero-order valence-corrected chi connectivity index (χ0v) is 16.8. The molecule has 3 nitrogen and oxygen atoms in total. The molecule has 0 bridgehead atoms. The van der Waals surface area contributed by atoms with Crippen molar-refractivity contribution >= 4 is 5.91 Å². The van der Waals surface area contributed by atoms with E-state index in [9.17, 15) is 9.90 Å². The Morgan fingerprint density at radius 2 is 1.62 bits per heavy atom. The molecular weight excluding hydrogens is 322 g/mol. The van der Waals surface area contributed by atoms with E-state index in [2.05, 4.69) is 18.3 Å². The molecule has 0 rings (SSSR count). The molecule has 1 amide bonds. The number of rotatable bonds is 14. The summed E-state index contributed by atoms with van der Waals surface area (Å²) in [6.07, 6.45) is 26.4. The van der Waals surface area contributed by atoms with Crippen molar-refractivity contribution in [2.45, 2.75) is 71.3 Å². The average Bonchev–Trinajstić information content (AvgIpc) is 2.62. The summed E-state index contributed by atoms with van der Waals surface area (Å²) in [6, 6.07) is 0. The zero-order chi connectivity index (χ0) is 19.5. The molecule has 0 aliphatic heterocycles. The Kier molecular flexibility index (Phi) is 15.4. The molecule has 0 saturated carbocycles. The SMILES string of the molecule is CC=CC=CC=CCCC=CC=CC(=O)NCC(C)(O)CCCCCC. The first kappa shape index (κ1) is 24.1. The smallest absolute Gasteiger partial charge is 0.244 e. The molecule has 0 aromatic carbocycles. The molecule has 3 heteroatoms. The third-order valence-electron chi connectivity index (χ3n) is 3.87. The Hall–Kier alpha value is -1.87. The van der Waals surface area contributed by atoms with Crippen molar-refractivity contribution in [3.63, 3.8) is 0 Å². The highest BCUT2D eigenvalue weighted by Gasteiger charge is 2.19. The van der Waals surface area contributed by atoms with Gasteiger partial charge in [0.15, 0.2) is 0 Å². The molecule has 1 unspecified atom stereocenters. The van der Waals surface area contributed by atoms with Crippen LogP contribution in [0, 0.1) is 0 Å². The molecule has 146 valence electrons. The molecule has 0 aromatic rings. The minimum Gasteiger partial charge on any atom is -0.388 e. The van der Waals surface area contributed by atoms with Crippen LogP contribution in [0.4, 0.5) is 0 Å². The van der Waals surface area contributed by atoms with E-state index in [4.69, 9.17) is 0 Å². The second-order valence-electron chi connectivity index (χ2n) is 6.73. The summed E-state index contributed by atoms with van der Waals surface area (Å²) in [6.45, 7) is 6.23. The maximum atomic E-state index is 11.8. The van der Waals surface area contributed by atoms with Gasteiger partial charge >= 0.3 is 0 Å². The predicted octanol–water partition coefficient (Wildman–Crippen LogP) is 5.41. The number of amides is 1. The molecule has 0 radical (unpaired) electrons. The zero-order valence-electron chi connectivity index (χ0n) is 16.8. The van der Waals surface area contributed by atoms with Crippen LogP contribution >= 0.6 is 0 Å². The molecule has 0 spiro atoms. The number of unbranched alkanes of at least 4 members (excludes halogenated alkanes) is 4. The number of carbonyl (C=O) groups excluding carboxylic acids is 1. The van der Waals surface area contributed by atoms with Gasteiger partial charge in [-0.2, -0.15) is 0 Å². The Morgan fingerprint density at radius 3 is 2.27 bits per heavy atom. The lowest BCUT2D eigenvalue weighted by atomic mass is 9.98. The first-order valence-corrected chi connectivity index (χ1v) is 9.79. The van der Waals surface area contributed by atoms with Crippen LogP contribution in [0.2, 0.25) is 0 Å². The predicted molar refractivity (Wildman–Crippen MR) is 113 cm³/mol. The van der Waals surface area contributed by atoms with Crippen LogP contribution in [0.5, 0.6) is 0 Å². The maximum Gasteiger partial charge on any atom is 0.244 e. The highest BCUT2D eigenvalue weighted by molar-refractivity contribution is 5.87. The van der Waals surface area contributed by atoms with Crippen molar-refractivity contribution < 1.29 is 9.90 Å². The second-order valence-corrected chi connectivity index (χ2v) is 6.73. The summed E-state index contributed by atoms with van der Waals surface area (Å²) < 4.78 is 0. The van der Waals surface area contributed by atoms with Crippen molar-refractivity contribution in [3.8, 4) is 0 Å². The molecule has 0 aliphatic carbocycles. The van der Waals surface area contributed by atoms with Crippen LogP contribution < -0.4 is 5.32 Å². The van der Waals surface area contributed by atoms with E-state index in [1.165, 1.54) is 18.9 Å². The monoisotopic (exact) mass is 359 g/mol. The molecule has 0 aliphatic rings. The average molecular weight is 360 g/mol. The molecule has 1 atom stereocenters. The Balaban J connectivity index is 3.87. The molecular formula is C23H37NO2. The van der Waals surface area contributed by atoms with Crippen molar-refractivity contribution in [3.05, 3.63) is 60.8 Å². The topological polar surface area (TPSA) is 49.3 Å². The quantitative estimate of drug-likeness (QED) is 0.248. The first-order valence-electron chi connectivity index (χ1n) is 9.79. The highest BCUT2D eigenvalue weighted by atomic mass is 16.3. The van der Waals surface area contributed by atoms with E-state index in [-0.39, 0.29) is 12.5 Å². The summed E-state index contributed by atoms with van der Waals surface area (Å²) in [4.78, 5) is 11.8. The van der Waals surface area contributed by atoms with Crippen molar-refractivity contribution in [1.29, 1.82) is 0 Å². The van der Waals surface area contributed by atoms with Crippen LogP contribution in [-0.2, 0) is 4.79 Å². The van der Waals surface area contributed by atoms with Crippen LogP contribution in [0.25, 0.3) is 0 Å². The van der Waals surface area contributed by atoms with E-state index in [0.717, 1.165) is 25.7 Å². The maximum absolute atomic E-state index is 11.8. The van der Waals surface area contributed by atoms with Gasteiger partial charge in [0.2, 0.25) is 5.91 Å². The van der Waals surface area contributed by atoms with Gasteiger partial charge in [-0.15, -0.1) is 0 Å². The molecule has 0 fully saturated rings. The van der Waals surface area contributed by atoms with Crippen LogP contribution in [0.15, 0.2) is 60.8 Å². The summed E-state index contributed by atoms with van der Waals surface area (Å²) in [5, 5.41) is 13.0. The minimum atomic E-state index is -0.833. The van der Waals surface area contributed by atoms with Crippen molar-refractivity contribution in [2.75, 3.05) is 6.54 Å². The van der Waals surface area contributed by atoms with Gasteiger partial charge in [0, 0.05) is 12.6 Å². The fraction of sp³-hybridized carbons (Fsp3) is 0.522. The van der Waals surface area contributed by atoms with E-state index in [1.54, 1.807) is 13.0 Å². The fourth-order valence-corrected chi connectivity index (χ4v) is 2.28. The number of allylic oxidation sites excluding steroid dienone is 9. The van der Waals surface area contributed by atoms with Gasteiger partial charge < -0.3 is 10.4 Å². The lowest BCUT2D eigenvalue weighted by Gasteiger charge is -2.23. The van der Waals surface area contributed by atoms with Crippen LogP contribution in [0.1, 0.15) is 65.7 Å². The van der Waals surface area contributed by atoms with Gasteiger partial charge in [-0.1, -0.05) is 87.3 Å². The number of nitrogens with one attached hydrogen (secondary N) is 1. The minimum absolute atomic E-state index is 0.169. The molecule has 0 saturated heterocycles. The van der Waals surface area contributed by atoms with E-state index in [1.807, 2.05) is 49.5 Å². The van der Waals surface area contributed by atoms with Gasteiger partial charge in [0.05, 0.1) is 5.60 Å². The summed E-state index contributed by atoms with van der Waals surface area (Å²) in [5.41, 5.74) is -0.833. The normalized spacial score (nSPS) is 15.1. The van der Waals surface area contributed by atoms with Crippen molar-refractivity contribution in [1.82, 2.24) is 5.32 Å². The highest BCUT2D eigenvalue weighted by Crippen LogP contribution is 2.14. The second kappa shape index (κ2) is 16.6. The number of hydrogen-bond donors (Lipinski definition) is 2. The standard InChI is InChI=1S/C23H37NO2/c1-4-6-8-10-11-12-13-14-15-16-17-19-22(25)24-21-23(3,26)20-18-9-7-5-2/h4,6,8,10-12,15-17,19,26H,5,7,9,13-14,18,20-21H2,1-3H3,(H,24,25). The largest absolute Gasteiger partial charge is 0.388 e.